The summed E-state index contributed by atoms with van der Waals surface area (Å²) in [5, 5.41) is 0.949. The zero-order valence-electron chi connectivity index (χ0n) is 8.95. The average Bonchev–Trinajstić information content (AvgIpc) is 2.32. The molecular weight excluding hydrogens is 261 g/mol. The van der Waals surface area contributed by atoms with Crippen LogP contribution in [-0.2, 0) is 0 Å². The number of nitrogens with zero attached hydrogens (tertiary/aromatic N) is 2. The standard InChI is InChI=1S/C11H9Cl2N3O/c1-17-10-5-9(15-11(14)16-10)6-2-3-7(12)8(13)4-6/h2-5H,1H3,(H2,14,15,16). The SMILES string of the molecule is COc1cc(-c2ccc(Cl)c(Cl)c2)nc(N)n1. The number of hydrogen-bond acceptors (Lipinski definition) is 4. The van der Waals surface area contributed by atoms with Gasteiger partial charge in [-0.2, -0.15) is 4.98 Å². The number of nitrogen functional groups attached to an aromatic ring is 1. The van der Waals surface area contributed by atoms with Gasteiger partial charge in [0, 0.05) is 11.6 Å². The van der Waals surface area contributed by atoms with Crippen molar-refractivity contribution in [2.24, 2.45) is 0 Å². The van der Waals surface area contributed by atoms with E-state index in [0.29, 0.717) is 21.6 Å². The molecule has 0 saturated heterocycles. The van der Waals surface area contributed by atoms with Gasteiger partial charge in [0.2, 0.25) is 11.8 Å². The van der Waals surface area contributed by atoms with Crippen LogP contribution in [0.25, 0.3) is 11.3 Å². The van der Waals surface area contributed by atoms with Crippen LogP contribution in [0.15, 0.2) is 24.3 Å². The molecule has 0 saturated carbocycles. The normalized spacial score (nSPS) is 10.3. The molecule has 0 spiro atoms. The molecule has 0 aliphatic heterocycles. The molecule has 1 aromatic heterocycles. The molecule has 0 aliphatic carbocycles. The maximum Gasteiger partial charge on any atom is 0.223 e. The van der Waals surface area contributed by atoms with Gasteiger partial charge in [0.1, 0.15) is 0 Å². The lowest BCUT2D eigenvalue weighted by Gasteiger charge is -2.05. The van der Waals surface area contributed by atoms with Crippen molar-refractivity contribution in [3.8, 4) is 17.1 Å². The van der Waals surface area contributed by atoms with Crippen LogP contribution < -0.4 is 10.5 Å². The van der Waals surface area contributed by atoms with Gasteiger partial charge in [-0.15, -0.1) is 0 Å². The summed E-state index contributed by atoms with van der Waals surface area (Å²) in [4.78, 5) is 8.01. The molecule has 2 aromatic rings. The smallest absolute Gasteiger partial charge is 0.223 e. The van der Waals surface area contributed by atoms with Crippen molar-refractivity contribution in [1.29, 1.82) is 0 Å². The zero-order valence-corrected chi connectivity index (χ0v) is 10.5. The van der Waals surface area contributed by atoms with Crippen LogP contribution in [0, 0.1) is 0 Å². The first-order chi connectivity index (χ1) is 8.10. The molecule has 0 bridgehead atoms. The number of aromatic nitrogens is 2. The maximum absolute atomic E-state index is 5.94. The van der Waals surface area contributed by atoms with Gasteiger partial charge in [-0.3, -0.25) is 0 Å². The largest absolute Gasteiger partial charge is 0.481 e. The Morgan fingerprint density at radius 2 is 1.88 bits per heavy atom. The van der Waals surface area contributed by atoms with E-state index in [1.165, 1.54) is 7.11 Å². The van der Waals surface area contributed by atoms with Crippen molar-refractivity contribution >= 4 is 29.2 Å². The molecule has 2 N–H and O–H groups in total. The molecule has 1 heterocycles. The van der Waals surface area contributed by atoms with E-state index in [-0.39, 0.29) is 5.95 Å². The number of anilines is 1. The minimum Gasteiger partial charge on any atom is -0.481 e. The number of rotatable bonds is 2. The van der Waals surface area contributed by atoms with Crippen molar-refractivity contribution in [2.45, 2.75) is 0 Å². The Balaban J connectivity index is 2.52. The lowest BCUT2D eigenvalue weighted by atomic mass is 10.1. The third-order valence-corrected chi connectivity index (χ3v) is 2.88. The van der Waals surface area contributed by atoms with Crippen molar-refractivity contribution in [3.63, 3.8) is 0 Å². The van der Waals surface area contributed by atoms with E-state index >= 15 is 0 Å². The van der Waals surface area contributed by atoms with Crippen molar-refractivity contribution in [3.05, 3.63) is 34.3 Å². The highest BCUT2D eigenvalue weighted by molar-refractivity contribution is 6.42. The summed E-state index contributed by atoms with van der Waals surface area (Å²) in [5.74, 6) is 0.545. The molecule has 4 nitrogen and oxygen atoms in total. The second-order valence-electron chi connectivity index (χ2n) is 3.28. The lowest BCUT2D eigenvalue weighted by molar-refractivity contribution is 0.398. The highest BCUT2D eigenvalue weighted by Gasteiger charge is 2.07. The summed E-state index contributed by atoms with van der Waals surface area (Å²) < 4.78 is 5.02. The Morgan fingerprint density at radius 1 is 1.12 bits per heavy atom. The van der Waals surface area contributed by atoms with Gasteiger partial charge in [-0.1, -0.05) is 29.3 Å². The lowest BCUT2D eigenvalue weighted by Crippen LogP contribution is -1.99. The number of nitrogens with two attached hydrogens (primary N) is 1. The van der Waals surface area contributed by atoms with E-state index < -0.39 is 0 Å². The number of benzene rings is 1. The van der Waals surface area contributed by atoms with E-state index in [1.807, 2.05) is 0 Å². The first-order valence-electron chi connectivity index (χ1n) is 4.74. The fraction of sp³-hybridized carbons (Fsp3) is 0.0909. The van der Waals surface area contributed by atoms with Gasteiger partial charge in [-0.05, 0) is 12.1 Å². The Kier molecular flexibility index (Phi) is 3.36. The fourth-order valence-electron chi connectivity index (χ4n) is 1.35. The minimum absolute atomic E-state index is 0.144. The number of halogens is 2. The molecule has 17 heavy (non-hydrogen) atoms. The number of ether oxygens (including phenoxy) is 1. The molecule has 2 rings (SSSR count). The quantitative estimate of drug-likeness (QED) is 0.911. The van der Waals surface area contributed by atoms with Crippen LogP contribution in [0.4, 0.5) is 5.95 Å². The van der Waals surface area contributed by atoms with Gasteiger partial charge in [0.25, 0.3) is 0 Å². The number of methoxy groups -OCH3 is 1. The van der Waals surface area contributed by atoms with Gasteiger partial charge in [-0.25, -0.2) is 4.98 Å². The first kappa shape index (κ1) is 12.0. The zero-order chi connectivity index (χ0) is 12.4. The third-order valence-electron chi connectivity index (χ3n) is 2.14. The van der Waals surface area contributed by atoms with Crippen molar-refractivity contribution in [1.82, 2.24) is 9.97 Å². The van der Waals surface area contributed by atoms with Gasteiger partial charge in [0.15, 0.2) is 0 Å². The van der Waals surface area contributed by atoms with Crippen LogP contribution in [0.1, 0.15) is 0 Å². The van der Waals surface area contributed by atoms with Gasteiger partial charge in [0.05, 0.1) is 22.8 Å². The van der Waals surface area contributed by atoms with E-state index in [9.17, 15) is 0 Å². The monoisotopic (exact) mass is 269 g/mol. The van der Waals surface area contributed by atoms with Crippen LogP contribution >= 0.6 is 23.2 Å². The van der Waals surface area contributed by atoms with Crippen LogP contribution in [-0.4, -0.2) is 17.1 Å². The van der Waals surface area contributed by atoms with Crippen LogP contribution in [0.5, 0.6) is 5.88 Å². The molecule has 0 unspecified atom stereocenters. The topological polar surface area (TPSA) is 61.0 Å². The minimum atomic E-state index is 0.144. The summed E-state index contributed by atoms with van der Waals surface area (Å²) in [6.07, 6.45) is 0. The summed E-state index contributed by atoms with van der Waals surface area (Å²) in [6, 6.07) is 6.89. The fourth-order valence-corrected chi connectivity index (χ4v) is 1.65. The molecular formula is C11H9Cl2N3O. The van der Waals surface area contributed by atoms with E-state index in [0.717, 1.165) is 5.56 Å². The Hall–Kier alpha value is -1.52. The second-order valence-corrected chi connectivity index (χ2v) is 4.10. The van der Waals surface area contributed by atoms with Crippen molar-refractivity contribution in [2.75, 3.05) is 12.8 Å². The summed E-state index contributed by atoms with van der Waals surface area (Å²) >= 11 is 11.8. The summed E-state index contributed by atoms with van der Waals surface area (Å²) in [6.45, 7) is 0. The maximum atomic E-state index is 5.94. The van der Waals surface area contributed by atoms with Crippen LogP contribution in [0.2, 0.25) is 10.0 Å². The van der Waals surface area contributed by atoms with Crippen molar-refractivity contribution < 1.29 is 4.74 Å². The summed E-state index contributed by atoms with van der Waals surface area (Å²) in [7, 11) is 1.51. The molecule has 6 heteroatoms. The van der Waals surface area contributed by atoms with Gasteiger partial charge < -0.3 is 10.5 Å². The Bertz CT molecular complexity index is 560. The molecule has 1 aromatic carbocycles. The summed E-state index contributed by atoms with van der Waals surface area (Å²) in [5.41, 5.74) is 7.01. The first-order valence-corrected chi connectivity index (χ1v) is 5.49. The molecule has 0 amide bonds. The highest BCUT2D eigenvalue weighted by atomic mass is 35.5. The van der Waals surface area contributed by atoms with Gasteiger partial charge >= 0.3 is 0 Å². The molecule has 88 valence electrons. The third kappa shape index (κ3) is 2.60. The number of hydrogen-bond donors (Lipinski definition) is 1. The van der Waals surface area contributed by atoms with Crippen LogP contribution in [0.3, 0.4) is 0 Å². The predicted molar refractivity (Wildman–Crippen MR) is 68.5 cm³/mol. The predicted octanol–water partition coefficient (Wildman–Crippen LogP) is 3.04. The second kappa shape index (κ2) is 4.77. The Labute approximate surface area is 108 Å². The molecule has 0 aliphatic rings. The molecule has 0 fully saturated rings. The molecule has 0 atom stereocenters. The van der Waals surface area contributed by atoms with E-state index in [1.54, 1.807) is 24.3 Å². The van der Waals surface area contributed by atoms with E-state index in [4.69, 9.17) is 33.7 Å². The highest BCUT2D eigenvalue weighted by Crippen LogP contribution is 2.28. The average molecular weight is 270 g/mol. The Morgan fingerprint density at radius 3 is 2.53 bits per heavy atom. The van der Waals surface area contributed by atoms with E-state index in [2.05, 4.69) is 9.97 Å². The molecule has 0 radical (unpaired) electrons.